The van der Waals surface area contributed by atoms with Crippen molar-refractivity contribution in [1.29, 1.82) is 0 Å². The molecule has 1 unspecified atom stereocenters. The van der Waals surface area contributed by atoms with E-state index < -0.39 is 28.6 Å². The summed E-state index contributed by atoms with van der Waals surface area (Å²) in [5.41, 5.74) is -0.681. The van der Waals surface area contributed by atoms with Gasteiger partial charge in [-0.1, -0.05) is 6.07 Å². The van der Waals surface area contributed by atoms with Crippen LogP contribution in [0.4, 0.5) is 8.78 Å². The number of nitrogens with one attached hydrogen (secondary N) is 2. The van der Waals surface area contributed by atoms with Gasteiger partial charge in [-0.2, -0.15) is 0 Å². The summed E-state index contributed by atoms with van der Waals surface area (Å²) in [6.45, 7) is 4.75. The van der Waals surface area contributed by atoms with Gasteiger partial charge in [-0.25, -0.2) is 8.78 Å². The highest BCUT2D eigenvalue weighted by Gasteiger charge is 2.32. The quantitative estimate of drug-likeness (QED) is 0.844. The minimum Gasteiger partial charge on any atom is -0.345 e. The number of carbonyl (C=O) groups excluding carboxylic acids is 1. The summed E-state index contributed by atoms with van der Waals surface area (Å²) in [6, 6.07) is 2.43. The molecule has 0 radical (unpaired) electrons. The molecule has 1 aromatic carbocycles. The molecule has 1 aromatic rings. The lowest BCUT2D eigenvalue weighted by Crippen LogP contribution is -2.48. The van der Waals surface area contributed by atoms with Crippen LogP contribution in [0.2, 0.25) is 0 Å². The Labute approximate surface area is 105 Å². The van der Waals surface area contributed by atoms with Crippen LogP contribution in [0.5, 0.6) is 0 Å². The molecule has 1 fully saturated rings. The molecular weight excluding hydrogens is 238 g/mol. The number of hydrogen-bond donors (Lipinski definition) is 2. The molecule has 0 spiro atoms. The van der Waals surface area contributed by atoms with Crippen LogP contribution in [-0.4, -0.2) is 24.5 Å². The van der Waals surface area contributed by atoms with E-state index in [9.17, 15) is 13.6 Å². The molecule has 3 nitrogen and oxygen atoms in total. The van der Waals surface area contributed by atoms with Crippen molar-refractivity contribution in [3.05, 3.63) is 34.9 Å². The molecule has 1 aliphatic heterocycles. The van der Waals surface area contributed by atoms with E-state index in [-0.39, 0.29) is 5.56 Å². The molecule has 98 valence electrons. The number of halogens is 2. The molecule has 0 aromatic heterocycles. The van der Waals surface area contributed by atoms with Crippen LogP contribution in [0.3, 0.4) is 0 Å². The zero-order chi connectivity index (χ0) is 13.3. The van der Waals surface area contributed by atoms with Crippen LogP contribution < -0.4 is 10.6 Å². The molecule has 1 atom stereocenters. The zero-order valence-corrected chi connectivity index (χ0v) is 10.4. The molecule has 18 heavy (non-hydrogen) atoms. The topological polar surface area (TPSA) is 41.1 Å². The van der Waals surface area contributed by atoms with E-state index in [2.05, 4.69) is 10.6 Å². The van der Waals surface area contributed by atoms with Crippen molar-refractivity contribution in [3.63, 3.8) is 0 Å². The summed E-state index contributed by atoms with van der Waals surface area (Å²) in [5, 5.41) is 5.81. The summed E-state index contributed by atoms with van der Waals surface area (Å²) in [4.78, 5) is 12.0. The maximum atomic E-state index is 13.8. The molecule has 1 amide bonds. The van der Waals surface area contributed by atoms with Crippen LogP contribution in [0.1, 0.15) is 29.3 Å². The Balaban J connectivity index is 2.26. The third kappa shape index (κ3) is 2.36. The predicted octanol–water partition coefficient (Wildman–Crippen LogP) is 1.76. The minimum absolute atomic E-state index is 0.260. The first-order valence-corrected chi connectivity index (χ1v) is 5.91. The lowest BCUT2D eigenvalue weighted by atomic mass is 10.0. The van der Waals surface area contributed by atoms with Crippen LogP contribution >= 0.6 is 0 Å². The van der Waals surface area contributed by atoms with Gasteiger partial charge in [0.2, 0.25) is 0 Å². The number of rotatable bonds is 2. The fourth-order valence-electron chi connectivity index (χ4n) is 2.13. The molecule has 0 aliphatic carbocycles. The van der Waals surface area contributed by atoms with E-state index in [1.807, 2.05) is 6.92 Å². The smallest absolute Gasteiger partial charge is 0.257 e. The van der Waals surface area contributed by atoms with Gasteiger partial charge < -0.3 is 10.6 Å². The van der Waals surface area contributed by atoms with Gasteiger partial charge in [-0.3, -0.25) is 4.79 Å². The van der Waals surface area contributed by atoms with Gasteiger partial charge in [-0.15, -0.1) is 0 Å². The highest BCUT2D eigenvalue weighted by molar-refractivity contribution is 5.95. The first-order chi connectivity index (χ1) is 8.43. The van der Waals surface area contributed by atoms with Crippen LogP contribution in [0.25, 0.3) is 0 Å². The first-order valence-electron chi connectivity index (χ1n) is 5.91. The van der Waals surface area contributed by atoms with Crippen molar-refractivity contribution in [1.82, 2.24) is 10.6 Å². The van der Waals surface area contributed by atoms with Gasteiger partial charge in [0, 0.05) is 6.54 Å². The molecule has 2 rings (SSSR count). The summed E-state index contributed by atoms with van der Waals surface area (Å²) in [5.74, 6) is -2.31. The monoisotopic (exact) mass is 254 g/mol. The van der Waals surface area contributed by atoms with Crippen LogP contribution in [-0.2, 0) is 0 Å². The number of benzene rings is 1. The van der Waals surface area contributed by atoms with Gasteiger partial charge >= 0.3 is 0 Å². The largest absolute Gasteiger partial charge is 0.345 e. The van der Waals surface area contributed by atoms with E-state index in [1.165, 1.54) is 13.0 Å². The van der Waals surface area contributed by atoms with E-state index in [1.54, 1.807) is 0 Å². The highest BCUT2D eigenvalue weighted by Crippen LogP contribution is 2.19. The van der Waals surface area contributed by atoms with Crippen LogP contribution in [0.15, 0.2) is 12.1 Å². The van der Waals surface area contributed by atoms with Gasteiger partial charge in [0.15, 0.2) is 0 Å². The summed E-state index contributed by atoms with van der Waals surface area (Å²) < 4.78 is 27.4. The molecule has 1 heterocycles. The number of carbonyl (C=O) groups is 1. The lowest BCUT2D eigenvalue weighted by molar-refractivity contribution is 0.0904. The SMILES string of the molecule is Cc1ccc(F)c(C(=O)NC2(C)CCNC2)c1F. The van der Waals surface area contributed by atoms with Crippen LogP contribution in [0, 0.1) is 18.6 Å². The van der Waals surface area contributed by atoms with Crippen molar-refractivity contribution in [3.8, 4) is 0 Å². The Morgan fingerprint density at radius 1 is 1.44 bits per heavy atom. The molecule has 1 aliphatic rings. The van der Waals surface area contributed by atoms with E-state index >= 15 is 0 Å². The molecule has 2 N–H and O–H groups in total. The standard InChI is InChI=1S/C13H16F2N2O/c1-8-3-4-9(14)10(11(8)15)12(18)17-13(2)5-6-16-7-13/h3-4,16H,5-7H2,1-2H3,(H,17,18). The van der Waals surface area contributed by atoms with E-state index in [4.69, 9.17) is 0 Å². The van der Waals surface area contributed by atoms with Crippen molar-refractivity contribution in [2.24, 2.45) is 0 Å². The van der Waals surface area contributed by atoms with Gasteiger partial charge in [-0.05, 0) is 38.4 Å². The predicted molar refractivity (Wildman–Crippen MR) is 64.5 cm³/mol. The van der Waals surface area contributed by atoms with E-state index in [0.29, 0.717) is 6.54 Å². The molecule has 1 saturated heterocycles. The molecular formula is C13H16F2N2O. The molecule has 0 bridgehead atoms. The first kappa shape index (κ1) is 13.0. The Hall–Kier alpha value is -1.49. The highest BCUT2D eigenvalue weighted by atomic mass is 19.1. The summed E-state index contributed by atoms with van der Waals surface area (Å²) in [6.07, 6.45) is 0.744. The molecule has 5 heteroatoms. The number of hydrogen-bond acceptors (Lipinski definition) is 2. The zero-order valence-electron chi connectivity index (χ0n) is 10.4. The third-order valence-electron chi connectivity index (χ3n) is 3.30. The Morgan fingerprint density at radius 2 is 2.17 bits per heavy atom. The van der Waals surface area contributed by atoms with Crippen molar-refractivity contribution in [2.45, 2.75) is 25.8 Å². The average Bonchev–Trinajstić information content (AvgIpc) is 2.71. The number of amides is 1. The fourth-order valence-corrected chi connectivity index (χ4v) is 2.13. The number of aryl methyl sites for hydroxylation is 1. The van der Waals surface area contributed by atoms with Crippen molar-refractivity contribution in [2.75, 3.05) is 13.1 Å². The maximum Gasteiger partial charge on any atom is 0.257 e. The second-order valence-corrected chi connectivity index (χ2v) is 4.99. The second-order valence-electron chi connectivity index (χ2n) is 4.99. The minimum atomic E-state index is -0.829. The van der Waals surface area contributed by atoms with Crippen molar-refractivity contribution < 1.29 is 13.6 Å². The lowest BCUT2D eigenvalue weighted by Gasteiger charge is -2.24. The van der Waals surface area contributed by atoms with Crippen molar-refractivity contribution >= 4 is 5.91 Å². The van der Waals surface area contributed by atoms with Gasteiger partial charge in [0.1, 0.15) is 17.2 Å². The Kier molecular flexibility index (Phi) is 3.34. The van der Waals surface area contributed by atoms with Gasteiger partial charge in [0.05, 0.1) is 5.54 Å². The average molecular weight is 254 g/mol. The fraction of sp³-hybridized carbons (Fsp3) is 0.462. The third-order valence-corrected chi connectivity index (χ3v) is 3.30. The summed E-state index contributed by atoms with van der Waals surface area (Å²) in [7, 11) is 0. The Bertz CT molecular complexity index is 482. The molecule has 0 saturated carbocycles. The Morgan fingerprint density at radius 3 is 2.78 bits per heavy atom. The van der Waals surface area contributed by atoms with E-state index in [0.717, 1.165) is 19.0 Å². The summed E-state index contributed by atoms with van der Waals surface area (Å²) >= 11 is 0. The van der Waals surface area contributed by atoms with Gasteiger partial charge in [0.25, 0.3) is 5.91 Å². The second kappa shape index (κ2) is 4.65. The normalized spacial score (nSPS) is 23.1. The maximum absolute atomic E-state index is 13.8.